The molecule has 1 unspecified atom stereocenters. The highest BCUT2D eigenvalue weighted by Crippen LogP contribution is 2.24. The van der Waals surface area contributed by atoms with Crippen molar-refractivity contribution in [1.82, 2.24) is 20.3 Å². The van der Waals surface area contributed by atoms with E-state index in [1.54, 1.807) is 48.6 Å². The van der Waals surface area contributed by atoms with Crippen LogP contribution in [0.15, 0.2) is 77.4 Å². The van der Waals surface area contributed by atoms with E-state index in [0.717, 1.165) is 25.7 Å². The lowest BCUT2D eigenvalue weighted by Gasteiger charge is -2.27. The molecule has 2 aliphatic rings. The van der Waals surface area contributed by atoms with E-state index in [-0.39, 0.29) is 37.1 Å². The largest absolute Gasteiger partial charge is 0.496 e. The van der Waals surface area contributed by atoms with Crippen molar-refractivity contribution in [2.45, 2.75) is 49.6 Å². The minimum absolute atomic E-state index is 0.0322. The Morgan fingerprint density at radius 3 is 2.23 bits per heavy atom. The molecule has 0 radical (unpaired) electrons. The van der Waals surface area contributed by atoms with E-state index < -0.39 is 28.3 Å². The number of amides is 3. The number of carbonyl (C=O) groups is 3. The Hall–Kier alpha value is -4.40. The molecule has 260 valence electrons. The summed E-state index contributed by atoms with van der Waals surface area (Å²) in [6.45, 7) is 0.547. The molecule has 14 heteroatoms. The maximum Gasteiger partial charge on any atom is 0.407 e. The molecule has 2 aromatic carbocycles. The van der Waals surface area contributed by atoms with Gasteiger partial charge in [-0.2, -0.15) is 0 Å². The summed E-state index contributed by atoms with van der Waals surface area (Å²) in [5, 5.41) is 5.23. The summed E-state index contributed by atoms with van der Waals surface area (Å²) >= 11 is 0. The summed E-state index contributed by atoms with van der Waals surface area (Å²) in [7, 11) is -0.719. The monoisotopic (exact) mass is 684 g/mol. The lowest BCUT2D eigenvalue weighted by molar-refractivity contribution is -0.00450. The molecule has 1 aliphatic carbocycles. The fourth-order valence-corrected chi connectivity index (χ4v) is 6.45. The molecule has 0 bridgehead atoms. The third kappa shape index (κ3) is 10.8. The van der Waals surface area contributed by atoms with Crippen molar-refractivity contribution in [1.29, 1.82) is 0 Å². The molecule has 0 aromatic heterocycles. The summed E-state index contributed by atoms with van der Waals surface area (Å²) in [5.41, 5.74) is 1.65. The van der Waals surface area contributed by atoms with Crippen molar-refractivity contribution in [3.8, 4) is 5.75 Å². The molecule has 1 saturated carbocycles. The number of allylic oxidation sites excluding steroid dienone is 2. The summed E-state index contributed by atoms with van der Waals surface area (Å²) in [6.07, 6.45) is 8.75. The predicted octanol–water partition coefficient (Wildman–Crippen LogP) is 4.12. The lowest BCUT2D eigenvalue weighted by atomic mass is 9.90. The Bertz CT molecular complexity index is 1550. The van der Waals surface area contributed by atoms with E-state index in [2.05, 4.69) is 15.4 Å². The molecule has 3 N–H and O–H groups in total. The number of sulfonamides is 1. The van der Waals surface area contributed by atoms with Crippen LogP contribution in [-0.2, 0) is 30.8 Å². The second-order valence-electron chi connectivity index (χ2n) is 11.5. The van der Waals surface area contributed by atoms with Gasteiger partial charge >= 0.3 is 12.2 Å². The molecule has 48 heavy (non-hydrogen) atoms. The van der Waals surface area contributed by atoms with Crippen molar-refractivity contribution < 1.29 is 41.7 Å². The highest BCUT2D eigenvalue weighted by molar-refractivity contribution is 7.89. The number of methoxy groups -OCH3 is 2. The highest BCUT2D eigenvalue weighted by Gasteiger charge is 2.24. The van der Waals surface area contributed by atoms with Gasteiger partial charge in [-0.25, -0.2) is 22.7 Å². The number of rotatable bonds is 15. The molecule has 3 amide bonds. The number of carbonyl (C=O) groups excluding carboxylic acids is 3. The van der Waals surface area contributed by atoms with Crippen LogP contribution in [0.5, 0.6) is 5.75 Å². The molecule has 1 aliphatic heterocycles. The Morgan fingerprint density at radius 1 is 0.896 bits per heavy atom. The minimum Gasteiger partial charge on any atom is -0.496 e. The first kappa shape index (κ1) is 36.4. The maximum atomic E-state index is 13.2. The van der Waals surface area contributed by atoms with Crippen LogP contribution in [0.25, 0.3) is 0 Å². The molecular formula is C34H44N4O9S. The fraction of sp³-hybridized carbons (Fsp3) is 0.441. The number of benzene rings is 2. The van der Waals surface area contributed by atoms with Gasteiger partial charge in [-0.15, -0.1) is 0 Å². The SMILES string of the molecule is COc1ccccc1C(=O)N1CC=CC=C1CNC(=O)OCC(COC(=O)NCc1ccc(S(=O)(=O)NCC2CCCCC2)cc1)OC. The third-order valence-electron chi connectivity index (χ3n) is 8.15. The van der Waals surface area contributed by atoms with Gasteiger partial charge in [0.25, 0.3) is 5.91 Å². The fourth-order valence-electron chi connectivity index (χ4n) is 5.34. The van der Waals surface area contributed by atoms with Gasteiger partial charge in [0.05, 0.1) is 24.1 Å². The zero-order valence-electron chi connectivity index (χ0n) is 27.3. The van der Waals surface area contributed by atoms with Gasteiger partial charge in [0.2, 0.25) is 10.0 Å². The van der Waals surface area contributed by atoms with E-state index in [1.165, 1.54) is 37.7 Å². The van der Waals surface area contributed by atoms with Crippen LogP contribution in [0.4, 0.5) is 9.59 Å². The molecule has 13 nitrogen and oxygen atoms in total. The van der Waals surface area contributed by atoms with Crippen molar-refractivity contribution in [2.24, 2.45) is 5.92 Å². The Balaban J connectivity index is 1.15. The van der Waals surface area contributed by atoms with Gasteiger partial charge in [-0.3, -0.25) is 4.79 Å². The standard InChI is InChI=1S/C34H44N4O9S/c1-44-28(24-47-34(41)36-22-27-12-8-9-19-38(27)32(39)30-13-6-7-14-31(30)45-2)23-46-33(40)35-20-26-15-17-29(18-16-26)48(42,43)37-21-25-10-4-3-5-11-25/h6-9,12-18,25,28,37H,3-5,10-11,19-24H2,1-2H3,(H,35,40)(H,36,41). The first-order valence-electron chi connectivity index (χ1n) is 15.9. The van der Waals surface area contributed by atoms with Crippen molar-refractivity contribution in [3.63, 3.8) is 0 Å². The van der Waals surface area contributed by atoms with Crippen LogP contribution in [0, 0.1) is 5.92 Å². The van der Waals surface area contributed by atoms with E-state index >= 15 is 0 Å². The van der Waals surface area contributed by atoms with Crippen LogP contribution < -0.4 is 20.1 Å². The second-order valence-corrected chi connectivity index (χ2v) is 13.2. The quantitative estimate of drug-likeness (QED) is 0.251. The summed E-state index contributed by atoms with van der Waals surface area (Å²) in [5.74, 6) is 0.558. The average molecular weight is 685 g/mol. The first-order chi connectivity index (χ1) is 23.2. The number of para-hydroxylation sites is 1. The average Bonchev–Trinajstić information content (AvgIpc) is 3.12. The summed E-state index contributed by atoms with van der Waals surface area (Å²) < 4.78 is 49.1. The molecule has 1 fully saturated rings. The van der Waals surface area contributed by atoms with Crippen LogP contribution >= 0.6 is 0 Å². The highest BCUT2D eigenvalue weighted by atomic mass is 32.2. The van der Waals surface area contributed by atoms with Crippen LogP contribution in [0.3, 0.4) is 0 Å². The Morgan fingerprint density at radius 2 is 1.56 bits per heavy atom. The molecular weight excluding hydrogens is 640 g/mol. The lowest BCUT2D eigenvalue weighted by Crippen LogP contribution is -2.39. The molecule has 1 atom stereocenters. The van der Waals surface area contributed by atoms with Gasteiger partial charge in [-0.1, -0.05) is 55.7 Å². The molecule has 1 heterocycles. The Labute approximate surface area is 281 Å². The topological polar surface area (TPSA) is 162 Å². The first-order valence-corrected chi connectivity index (χ1v) is 17.4. The van der Waals surface area contributed by atoms with Crippen molar-refractivity contribution in [3.05, 3.63) is 83.6 Å². The molecule has 0 spiro atoms. The molecule has 2 aromatic rings. The van der Waals surface area contributed by atoms with Crippen molar-refractivity contribution >= 4 is 28.1 Å². The number of ether oxygens (including phenoxy) is 4. The third-order valence-corrected chi connectivity index (χ3v) is 9.59. The molecule has 0 saturated heterocycles. The van der Waals surface area contributed by atoms with Gasteiger partial charge < -0.3 is 34.5 Å². The zero-order valence-corrected chi connectivity index (χ0v) is 28.1. The van der Waals surface area contributed by atoms with Crippen LogP contribution in [0.2, 0.25) is 0 Å². The smallest absolute Gasteiger partial charge is 0.407 e. The van der Waals surface area contributed by atoms with Crippen molar-refractivity contribution in [2.75, 3.05) is 47.1 Å². The van der Waals surface area contributed by atoms with Gasteiger partial charge in [0.15, 0.2) is 0 Å². The van der Waals surface area contributed by atoms with E-state index in [0.29, 0.717) is 41.6 Å². The number of hydrogen-bond donors (Lipinski definition) is 3. The zero-order chi connectivity index (χ0) is 34.4. The number of alkyl carbamates (subject to hydrolysis) is 2. The maximum absolute atomic E-state index is 13.2. The molecule has 4 rings (SSSR count). The predicted molar refractivity (Wildman–Crippen MR) is 178 cm³/mol. The summed E-state index contributed by atoms with van der Waals surface area (Å²) in [4.78, 5) is 39.6. The van der Waals surface area contributed by atoms with Crippen LogP contribution in [-0.4, -0.2) is 84.6 Å². The van der Waals surface area contributed by atoms with E-state index in [4.69, 9.17) is 18.9 Å². The Kier molecular flexibility index (Phi) is 13.8. The summed E-state index contributed by atoms with van der Waals surface area (Å²) in [6, 6.07) is 13.2. The van der Waals surface area contributed by atoms with E-state index in [9.17, 15) is 22.8 Å². The number of hydrogen-bond acceptors (Lipinski definition) is 9. The van der Waals surface area contributed by atoms with Gasteiger partial charge in [-0.05, 0) is 54.7 Å². The van der Waals surface area contributed by atoms with Gasteiger partial charge in [0, 0.05) is 32.4 Å². The van der Waals surface area contributed by atoms with Gasteiger partial charge in [0.1, 0.15) is 25.1 Å². The normalized spacial score (nSPS) is 15.6. The van der Waals surface area contributed by atoms with Crippen LogP contribution in [0.1, 0.15) is 48.0 Å². The second kappa shape index (κ2) is 18.2. The number of nitrogens with zero attached hydrogens (tertiary/aromatic N) is 1. The van der Waals surface area contributed by atoms with E-state index in [1.807, 2.05) is 6.08 Å². The minimum atomic E-state index is -3.61. The number of nitrogens with one attached hydrogen (secondary N) is 3.